The van der Waals surface area contributed by atoms with E-state index in [-0.39, 0.29) is 0 Å². The normalized spacial score (nSPS) is 14.1. The van der Waals surface area contributed by atoms with Crippen molar-refractivity contribution in [3.8, 4) is 0 Å². The Morgan fingerprint density at radius 3 is 2.31 bits per heavy atom. The van der Waals surface area contributed by atoms with Gasteiger partial charge in [-0.1, -0.05) is 47.2 Å². The first-order chi connectivity index (χ1) is 13.9. The molecule has 7 nitrogen and oxygen atoms in total. The lowest BCUT2D eigenvalue weighted by molar-refractivity contribution is -0.119. The maximum atomic E-state index is 12.6. The van der Waals surface area contributed by atoms with E-state index in [1.165, 1.54) is 18.3 Å². The Morgan fingerprint density at radius 2 is 1.69 bits per heavy atom. The fourth-order valence-electron chi connectivity index (χ4n) is 3.04. The van der Waals surface area contributed by atoms with Crippen molar-refractivity contribution < 1.29 is 14.4 Å². The third-order valence-corrected chi connectivity index (χ3v) is 5.65. The summed E-state index contributed by atoms with van der Waals surface area (Å²) in [6.07, 6.45) is 0.554. The van der Waals surface area contributed by atoms with Crippen molar-refractivity contribution in [3.05, 3.63) is 75.3 Å². The van der Waals surface area contributed by atoms with Gasteiger partial charge in [-0.2, -0.15) is 0 Å². The van der Waals surface area contributed by atoms with Crippen molar-refractivity contribution in [1.82, 2.24) is 15.1 Å². The number of hydrogen-bond acceptors (Lipinski definition) is 6. The number of anilines is 1. The molecule has 1 aliphatic rings. The van der Waals surface area contributed by atoms with Crippen molar-refractivity contribution in [2.75, 3.05) is 5.32 Å². The van der Waals surface area contributed by atoms with Crippen molar-refractivity contribution in [2.45, 2.75) is 19.4 Å². The van der Waals surface area contributed by atoms with Gasteiger partial charge in [-0.15, -0.1) is 10.2 Å². The van der Waals surface area contributed by atoms with Crippen LogP contribution >= 0.6 is 22.9 Å². The zero-order valence-corrected chi connectivity index (χ0v) is 16.8. The molecule has 0 saturated heterocycles. The second-order valence-corrected chi connectivity index (χ2v) is 7.99. The number of hydrogen-bond donors (Lipinski definition) is 1. The van der Waals surface area contributed by atoms with E-state index in [4.69, 9.17) is 11.6 Å². The molecule has 9 heteroatoms. The van der Waals surface area contributed by atoms with Crippen molar-refractivity contribution in [1.29, 1.82) is 0 Å². The minimum absolute atomic E-state index is 0.304. The summed E-state index contributed by atoms with van der Waals surface area (Å²) in [6.45, 7) is 1.51. The average molecular weight is 427 g/mol. The molecular weight excluding hydrogens is 412 g/mol. The lowest BCUT2D eigenvalue weighted by Gasteiger charge is -2.20. The van der Waals surface area contributed by atoms with E-state index in [1.54, 1.807) is 36.4 Å². The number of carbonyl (C=O) groups is 3. The fourth-order valence-corrected chi connectivity index (χ4v) is 3.94. The van der Waals surface area contributed by atoms with Crippen LogP contribution in [-0.2, 0) is 11.2 Å². The number of nitrogens with zero attached hydrogens (tertiary/aromatic N) is 3. The molecule has 1 N–H and O–H groups in total. The van der Waals surface area contributed by atoms with Gasteiger partial charge in [-0.25, -0.2) is 0 Å². The number of amides is 3. The maximum absolute atomic E-state index is 12.6. The maximum Gasteiger partial charge on any atom is 0.262 e. The highest BCUT2D eigenvalue weighted by atomic mass is 35.5. The molecule has 146 valence electrons. The number of nitrogens with one attached hydrogen (secondary N) is 1. The summed E-state index contributed by atoms with van der Waals surface area (Å²) in [7, 11) is 0. The van der Waals surface area contributed by atoms with E-state index in [0.717, 1.165) is 15.5 Å². The summed E-state index contributed by atoms with van der Waals surface area (Å²) in [6, 6.07) is 12.9. The topological polar surface area (TPSA) is 92.3 Å². The average Bonchev–Trinajstić information content (AvgIpc) is 3.25. The SMILES string of the molecule is CC(C(=O)Nc1nnc(Cc2ccc(Cl)cc2)s1)N1C(=O)c2ccccc2C1=O. The van der Waals surface area contributed by atoms with E-state index in [9.17, 15) is 14.4 Å². The van der Waals surface area contributed by atoms with Crippen molar-refractivity contribution in [2.24, 2.45) is 0 Å². The number of rotatable bonds is 5. The van der Waals surface area contributed by atoms with E-state index < -0.39 is 23.8 Å². The highest BCUT2D eigenvalue weighted by molar-refractivity contribution is 7.15. The van der Waals surface area contributed by atoms with Crippen LogP contribution in [0.1, 0.15) is 38.2 Å². The second-order valence-electron chi connectivity index (χ2n) is 6.50. The molecule has 0 bridgehead atoms. The lowest BCUT2D eigenvalue weighted by Crippen LogP contribution is -2.45. The fraction of sp³-hybridized carbons (Fsp3) is 0.150. The Hall–Kier alpha value is -3.10. The molecule has 0 aliphatic carbocycles. The summed E-state index contributed by atoms with van der Waals surface area (Å²) in [4.78, 5) is 38.6. The van der Waals surface area contributed by atoms with Gasteiger partial charge in [0, 0.05) is 11.4 Å². The van der Waals surface area contributed by atoms with Crippen LogP contribution in [0.15, 0.2) is 48.5 Å². The monoisotopic (exact) mass is 426 g/mol. The van der Waals surface area contributed by atoms with Crippen LogP contribution in [0.5, 0.6) is 0 Å². The summed E-state index contributed by atoms with van der Waals surface area (Å²) in [5, 5.41) is 12.4. The third kappa shape index (κ3) is 3.76. The standard InChI is InChI=1S/C20H15ClN4O3S/c1-11(25-18(27)14-4-2-3-5-15(14)19(25)28)17(26)22-20-24-23-16(29-20)10-12-6-8-13(21)9-7-12/h2-9,11H,10H2,1H3,(H,22,24,26). The Balaban J connectivity index is 1.43. The Labute approximate surface area is 175 Å². The molecule has 2 aromatic carbocycles. The number of halogens is 1. The van der Waals surface area contributed by atoms with Crippen LogP contribution in [0, 0.1) is 0 Å². The van der Waals surface area contributed by atoms with Gasteiger partial charge in [-0.3, -0.25) is 24.6 Å². The molecule has 1 aliphatic heterocycles. The van der Waals surface area contributed by atoms with Crippen LogP contribution in [0.4, 0.5) is 5.13 Å². The summed E-state index contributed by atoms with van der Waals surface area (Å²) >= 11 is 7.12. The van der Waals surface area contributed by atoms with Gasteiger partial charge in [-0.05, 0) is 36.8 Å². The molecule has 0 saturated carbocycles. The number of benzene rings is 2. The summed E-state index contributed by atoms with van der Waals surface area (Å²) < 4.78 is 0. The van der Waals surface area contributed by atoms with Gasteiger partial charge in [0.05, 0.1) is 11.1 Å². The van der Waals surface area contributed by atoms with Crippen LogP contribution in [0.25, 0.3) is 0 Å². The van der Waals surface area contributed by atoms with Crippen LogP contribution < -0.4 is 5.32 Å². The number of imide groups is 1. The molecule has 2 heterocycles. The molecule has 0 radical (unpaired) electrons. The Kier molecular flexibility index (Phi) is 5.12. The molecule has 29 heavy (non-hydrogen) atoms. The Morgan fingerprint density at radius 1 is 1.07 bits per heavy atom. The van der Waals surface area contributed by atoms with E-state index in [1.807, 2.05) is 12.1 Å². The van der Waals surface area contributed by atoms with Gasteiger partial charge in [0.2, 0.25) is 11.0 Å². The molecule has 3 aromatic rings. The first-order valence-electron chi connectivity index (χ1n) is 8.78. The van der Waals surface area contributed by atoms with Crippen LogP contribution in [-0.4, -0.2) is 38.9 Å². The minimum Gasteiger partial charge on any atom is -0.299 e. The predicted octanol–water partition coefficient (Wildman–Crippen LogP) is 3.41. The molecule has 4 rings (SSSR count). The zero-order chi connectivity index (χ0) is 20.5. The minimum atomic E-state index is -0.981. The van der Waals surface area contributed by atoms with Gasteiger partial charge in [0.25, 0.3) is 11.8 Å². The Bertz CT molecular complexity index is 1080. The summed E-state index contributed by atoms with van der Waals surface area (Å²) in [5.41, 5.74) is 1.62. The van der Waals surface area contributed by atoms with Crippen molar-refractivity contribution in [3.63, 3.8) is 0 Å². The molecule has 0 spiro atoms. The van der Waals surface area contributed by atoms with E-state index in [0.29, 0.717) is 27.7 Å². The predicted molar refractivity (Wildman–Crippen MR) is 109 cm³/mol. The third-order valence-electron chi connectivity index (χ3n) is 4.56. The number of fused-ring (bicyclic) bond motifs is 1. The van der Waals surface area contributed by atoms with Gasteiger partial charge >= 0.3 is 0 Å². The van der Waals surface area contributed by atoms with Gasteiger partial charge in [0.15, 0.2) is 0 Å². The molecule has 1 atom stereocenters. The largest absolute Gasteiger partial charge is 0.299 e. The highest BCUT2D eigenvalue weighted by Crippen LogP contribution is 2.25. The second kappa shape index (κ2) is 7.73. The van der Waals surface area contributed by atoms with E-state index >= 15 is 0 Å². The first kappa shape index (κ1) is 19.2. The van der Waals surface area contributed by atoms with Gasteiger partial charge in [0.1, 0.15) is 11.0 Å². The zero-order valence-electron chi connectivity index (χ0n) is 15.3. The van der Waals surface area contributed by atoms with Gasteiger partial charge < -0.3 is 0 Å². The molecule has 1 unspecified atom stereocenters. The smallest absolute Gasteiger partial charge is 0.262 e. The number of carbonyl (C=O) groups excluding carboxylic acids is 3. The first-order valence-corrected chi connectivity index (χ1v) is 9.98. The van der Waals surface area contributed by atoms with Crippen LogP contribution in [0.2, 0.25) is 5.02 Å². The molecule has 1 aromatic heterocycles. The van der Waals surface area contributed by atoms with Crippen LogP contribution in [0.3, 0.4) is 0 Å². The molecular formula is C20H15ClN4O3S. The highest BCUT2D eigenvalue weighted by Gasteiger charge is 2.40. The number of aromatic nitrogens is 2. The van der Waals surface area contributed by atoms with Crippen molar-refractivity contribution >= 4 is 45.8 Å². The quantitative estimate of drug-likeness (QED) is 0.631. The van der Waals surface area contributed by atoms with E-state index in [2.05, 4.69) is 15.5 Å². The molecule has 3 amide bonds. The summed E-state index contributed by atoms with van der Waals surface area (Å²) in [5.74, 6) is -1.46. The molecule has 0 fully saturated rings. The lowest BCUT2D eigenvalue weighted by atomic mass is 10.1.